The van der Waals surface area contributed by atoms with Crippen molar-refractivity contribution in [1.82, 2.24) is 15.1 Å². The van der Waals surface area contributed by atoms with E-state index < -0.39 is 0 Å². The number of nitrogens with one attached hydrogen (secondary N) is 1. The first-order chi connectivity index (χ1) is 11.2. The van der Waals surface area contributed by atoms with Gasteiger partial charge in [0.2, 0.25) is 0 Å². The van der Waals surface area contributed by atoms with E-state index in [1.54, 1.807) is 6.20 Å². The first-order valence-electron chi connectivity index (χ1n) is 8.37. The van der Waals surface area contributed by atoms with Gasteiger partial charge in [-0.15, -0.1) is 0 Å². The minimum Gasteiger partial charge on any atom is -0.378 e. The summed E-state index contributed by atoms with van der Waals surface area (Å²) in [6.45, 7) is 4.68. The smallest absolute Gasteiger partial charge is 0.261 e. The molecule has 1 spiro atoms. The van der Waals surface area contributed by atoms with Crippen molar-refractivity contribution in [3.63, 3.8) is 0 Å². The minimum atomic E-state index is 0.287. The molecule has 23 heavy (non-hydrogen) atoms. The molecule has 0 radical (unpaired) electrons. The molecule has 4 rings (SSSR count). The number of nitrogens with zero attached hydrogens (tertiary/aromatic N) is 3. The monoisotopic (exact) mass is 314 g/mol. The zero-order valence-corrected chi connectivity index (χ0v) is 13.6. The van der Waals surface area contributed by atoms with Crippen LogP contribution >= 0.6 is 0 Å². The third-order valence-corrected chi connectivity index (χ3v) is 5.31. The van der Waals surface area contributed by atoms with Crippen molar-refractivity contribution in [3.8, 4) is 11.5 Å². The van der Waals surface area contributed by atoms with Gasteiger partial charge in [-0.1, -0.05) is 11.6 Å². The first-order valence-corrected chi connectivity index (χ1v) is 8.37. The highest BCUT2D eigenvalue weighted by Crippen LogP contribution is 2.58. The lowest BCUT2D eigenvalue weighted by Crippen LogP contribution is -2.64. The Morgan fingerprint density at radius 1 is 1.43 bits per heavy atom. The van der Waals surface area contributed by atoms with Crippen molar-refractivity contribution < 1.29 is 9.26 Å². The minimum absolute atomic E-state index is 0.287. The van der Waals surface area contributed by atoms with E-state index in [9.17, 15) is 0 Å². The lowest BCUT2D eigenvalue weighted by Gasteiger charge is -2.61. The van der Waals surface area contributed by atoms with E-state index in [-0.39, 0.29) is 5.41 Å². The third kappa shape index (κ3) is 2.32. The zero-order chi connectivity index (χ0) is 15.9. The molecular weight excluding hydrogens is 292 g/mol. The summed E-state index contributed by atoms with van der Waals surface area (Å²) in [6.07, 6.45) is 6.97. The molecule has 6 nitrogen and oxygen atoms in total. The number of aryl methyl sites for hydroxylation is 1. The van der Waals surface area contributed by atoms with Gasteiger partial charge in [0, 0.05) is 24.3 Å². The SMILES string of the molecule is CCOC1CC(Nc2ncccc2-c2nc(C)no2)C12CCC2. The van der Waals surface area contributed by atoms with Gasteiger partial charge in [-0.2, -0.15) is 4.98 Å². The van der Waals surface area contributed by atoms with Crippen LogP contribution in [0.5, 0.6) is 0 Å². The number of anilines is 1. The molecule has 6 heteroatoms. The average molecular weight is 314 g/mol. The number of pyridine rings is 1. The Morgan fingerprint density at radius 3 is 2.96 bits per heavy atom. The summed E-state index contributed by atoms with van der Waals surface area (Å²) in [4.78, 5) is 8.83. The quantitative estimate of drug-likeness (QED) is 0.913. The van der Waals surface area contributed by atoms with Crippen LogP contribution < -0.4 is 5.32 Å². The molecule has 2 heterocycles. The molecule has 0 aromatic carbocycles. The first kappa shape index (κ1) is 14.6. The van der Waals surface area contributed by atoms with Crippen LogP contribution in [-0.4, -0.2) is 33.9 Å². The second-order valence-electron chi connectivity index (χ2n) is 6.51. The fourth-order valence-electron chi connectivity index (χ4n) is 3.91. The second-order valence-corrected chi connectivity index (χ2v) is 6.51. The molecule has 122 valence electrons. The van der Waals surface area contributed by atoms with Gasteiger partial charge in [-0.05, 0) is 45.2 Å². The molecule has 0 bridgehead atoms. The van der Waals surface area contributed by atoms with Crippen LogP contribution in [0.3, 0.4) is 0 Å². The van der Waals surface area contributed by atoms with Crippen LogP contribution in [0.2, 0.25) is 0 Å². The molecule has 2 atom stereocenters. The number of ether oxygens (including phenoxy) is 1. The van der Waals surface area contributed by atoms with Gasteiger partial charge in [0.1, 0.15) is 5.82 Å². The van der Waals surface area contributed by atoms with Crippen LogP contribution in [0.4, 0.5) is 5.82 Å². The summed E-state index contributed by atoms with van der Waals surface area (Å²) in [5.41, 5.74) is 1.15. The number of aromatic nitrogens is 3. The summed E-state index contributed by atoms with van der Waals surface area (Å²) in [5, 5.41) is 7.50. The topological polar surface area (TPSA) is 73.1 Å². The lowest BCUT2D eigenvalue weighted by molar-refractivity contribution is -0.157. The molecule has 2 aliphatic rings. The van der Waals surface area contributed by atoms with Gasteiger partial charge < -0.3 is 14.6 Å². The van der Waals surface area contributed by atoms with Crippen molar-refractivity contribution in [2.45, 2.75) is 51.7 Å². The molecule has 1 N–H and O–H groups in total. The van der Waals surface area contributed by atoms with E-state index >= 15 is 0 Å². The maximum atomic E-state index is 5.92. The molecule has 2 saturated carbocycles. The molecule has 2 aromatic rings. The van der Waals surface area contributed by atoms with Gasteiger partial charge in [-0.3, -0.25) is 0 Å². The van der Waals surface area contributed by atoms with Crippen LogP contribution in [0, 0.1) is 12.3 Å². The molecule has 0 aliphatic heterocycles. The molecule has 0 saturated heterocycles. The van der Waals surface area contributed by atoms with Crippen LogP contribution in [0.25, 0.3) is 11.5 Å². The van der Waals surface area contributed by atoms with E-state index in [1.165, 1.54) is 19.3 Å². The highest BCUT2D eigenvalue weighted by Gasteiger charge is 2.59. The Kier molecular flexibility index (Phi) is 3.56. The summed E-state index contributed by atoms with van der Waals surface area (Å²) in [6, 6.07) is 4.27. The van der Waals surface area contributed by atoms with Gasteiger partial charge in [-0.25, -0.2) is 4.98 Å². The summed E-state index contributed by atoms with van der Waals surface area (Å²) in [5.74, 6) is 1.97. The molecule has 2 fully saturated rings. The van der Waals surface area contributed by atoms with Crippen LogP contribution in [0.1, 0.15) is 38.4 Å². The van der Waals surface area contributed by atoms with E-state index in [4.69, 9.17) is 9.26 Å². The van der Waals surface area contributed by atoms with Crippen LogP contribution in [-0.2, 0) is 4.74 Å². The fraction of sp³-hybridized carbons (Fsp3) is 0.588. The predicted molar refractivity (Wildman–Crippen MR) is 86.0 cm³/mol. The normalized spacial score (nSPS) is 25.0. The predicted octanol–water partition coefficient (Wildman–Crippen LogP) is 3.20. The van der Waals surface area contributed by atoms with E-state index in [0.717, 1.165) is 24.4 Å². The standard InChI is InChI=1S/C17H22N4O2/c1-3-22-14-10-13(17(14)7-5-8-17)20-15-12(6-4-9-18-15)16-19-11(2)21-23-16/h4,6,9,13-14H,3,5,7-8,10H2,1-2H3,(H,18,20). The molecule has 2 unspecified atom stereocenters. The zero-order valence-electron chi connectivity index (χ0n) is 13.6. The van der Waals surface area contributed by atoms with Crippen molar-refractivity contribution in [2.75, 3.05) is 11.9 Å². The largest absolute Gasteiger partial charge is 0.378 e. The summed E-state index contributed by atoms with van der Waals surface area (Å²) >= 11 is 0. The number of hydrogen-bond acceptors (Lipinski definition) is 6. The maximum Gasteiger partial charge on any atom is 0.261 e. The Balaban J connectivity index is 1.56. The molecule has 2 aliphatic carbocycles. The van der Waals surface area contributed by atoms with Crippen molar-refractivity contribution >= 4 is 5.82 Å². The lowest BCUT2D eigenvalue weighted by atomic mass is 9.51. The van der Waals surface area contributed by atoms with Gasteiger partial charge in [0.15, 0.2) is 5.82 Å². The highest BCUT2D eigenvalue weighted by molar-refractivity contribution is 5.69. The van der Waals surface area contributed by atoms with E-state index in [1.807, 2.05) is 19.1 Å². The highest BCUT2D eigenvalue weighted by atomic mass is 16.5. The van der Waals surface area contributed by atoms with E-state index in [2.05, 4.69) is 27.4 Å². The maximum absolute atomic E-state index is 5.92. The third-order valence-electron chi connectivity index (χ3n) is 5.31. The Labute approximate surface area is 135 Å². The molecule has 2 aromatic heterocycles. The summed E-state index contributed by atoms with van der Waals surface area (Å²) < 4.78 is 11.2. The van der Waals surface area contributed by atoms with E-state index in [0.29, 0.717) is 23.9 Å². The van der Waals surface area contributed by atoms with Gasteiger partial charge in [0.25, 0.3) is 5.89 Å². The van der Waals surface area contributed by atoms with Crippen molar-refractivity contribution in [1.29, 1.82) is 0 Å². The van der Waals surface area contributed by atoms with Crippen molar-refractivity contribution in [3.05, 3.63) is 24.2 Å². The van der Waals surface area contributed by atoms with Gasteiger partial charge in [0.05, 0.1) is 11.7 Å². The Bertz CT molecular complexity index is 695. The van der Waals surface area contributed by atoms with Crippen LogP contribution in [0.15, 0.2) is 22.9 Å². The molecular formula is C17H22N4O2. The molecule has 0 amide bonds. The fourth-order valence-corrected chi connectivity index (χ4v) is 3.91. The van der Waals surface area contributed by atoms with Crippen molar-refractivity contribution in [2.24, 2.45) is 5.41 Å². The average Bonchev–Trinajstić information content (AvgIpc) is 2.91. The van der Waals surface area contributed by atoms with Gasteiger partial charge >= 0.3 is 0 Å². The Morgan fingerprint density at radius 2 is 2.30 bits per heavy atom. The number of hydrogen-bond donors (Lipinski definition) is 1. The summed E-state index contributed by atoms with van der Waals surface area (Å²) in [7, 11) is 0. The second kappa shape index (κ2) is 5.60. The Hall–Kier alpha value is -1.95. The number of rotatable bonds is 5.